The van der Waals surface area contributed by atoms with Gasteiger partial charge in [-0.15, -0.1) is 0 Å². The average Bonchev–Trinajstić information content (AvgIpc) is 3.06. The van der Waals surface area contributed by atoms with Crippen LogP contribution >= 0.6 is 0 Å². The Balaban J connectivity index is 1.83. The summed E-state index contributed by atoms with van der Waals surface area (Å²) in [7, 11) is 1.92. The molecular weight excluding hydrogens is 313 g/mol. The van der Waals surface area contributed by atoms with Gasteiger partial charge in [0, 0.05) is 36.7 Å². The highest BCUT2D eigenvalue weighted by Gasteiger charge is 2.21. The highest BCUT2D eigenvalue weighted by atomic mass is 19.1. The third kappa shape index (κ3) is 2.84. The molecule has 0 bridgehead atoms. The van der Waals surface area contributed by atoms with Crippen LogP contribution < -0.4 is 4.90 Å². The van der Waals surface area contributed by atoms with Gasteiger partial charge in [0.2, 0.25) is 0 Å². The van der Waals surface area contributed by atoms with Gasteiger partial charge in [-0.2, -0.15) is 5.10 Å². The van der Waals surface area contributed by atoms with Crippen molar-refractivity contribution in [1.29, 1.82) is 0 Å². The van der Waals surface area contributed by atoms with Gasteiger partial charge in [-0.3, -0.25) is 4.68 Å². The molecule has 2 heterocycles. The molecule has 1 aliphatic rings. The zero-order valence-electron chi connectivity index (χ0n) is 14.4. The van der Waals surface area contributed by atoms with Gasteiger partial charge in [0.25, 0.3) is 0 Å². The molecule has 126 valence electrons. The van der Waals surface area contributed by atoms with Crippen molar-refractivity contribution in [2.45, 2.75) is 19.9 Å². The van der Waals surface area contributed by atoms with Crippen LogP contribution in [0.5, 0.6) is 0 Å². The van der Waals surface area contributed by atoms with E-state index in [-0.39, 0.29) is 5.82 Å². The maximum atomic E-state index is 13.7. The van der Waals surface area contributed by atoms with Crippen LogP contribution in [0.2, 0.25) is 0 Å². The van der Waals surface area contributed by atoms with Crippen LogP contribution in [0, 0.1) is 5.82 Å². The van der Waals surface area contributed by atoms with Crippen molar-refractivity contribution >= 4 is 11.8 Å². The Morgan fingerprint density at radius 1 is 1.16 bits per heavy atom. The van der Waals surface area contributed by atoms with Crippen molar-refractivity contribution in [3.63, 3.8) is 0 Å². The fourth-order valence-electron chi connectivity index (χ4n) is 3.46. The minimum absolute atomic E-state index is 0.209. The highest BCUT2D eigenvalue weighted by molar-refractivity contribution is 5.77. The van der Waals surface area contributed by atoms with Gasteiger partial charge < -0.3 is 4.90 Å². The van der Waals surface area contributed by atoms with E-state index in [2.05, 4.69) is 41.2 Å². The summed E-state index contributed by atoms with van der Waals surface area (Å²) in [5, 5.41) is 4.30. The van der Waals surface area contributed by atoms with Crippen molar-refractivity contribution in [1.82, 2.24) is 9.78 Å². The molecule has 3 aromatic rings. The number of benzene rings is 2. The Bertz CT molecular complexity index is 955. The summed E-state index contributed by atoms with van der Waals surface area (Å²) in [5.41, 5.74) is 6.84. The summed E-state index contributed by atoms with van der Waals surface area (Å²) in [5.74, 6) is -0.209. The molecule has 1 aromatic heterocycles. The lowest BCUT2D eigenvalue weighted by Crippen LogP contribution is -2.25. The van der Waals surface area contributed by atoms with Crippen molar-refractivity contribution < 1.29 is 4.39 Å². The van der Waals surface area contributed by atoms with Crippen molar-refractivity contribution in [2.75, 3.05) is 4.90 Å². The third-order valence-electron chi connectivity index (χ3n) is 4.70. The fourth-order valence-corrected chi connectivity index (χ4v) is 3.46. The Labute approximate surface area is 147 Å². The van der Waals surface area contributed by atoms with Crippen LogP contribution in [0.4, 0.5) is 10.1 Å². The molecule has 0 spiro atoms. The second-order valence-electron chi connectivity index (χ2n) is 6.33. The Hall–Kier alpha value is -2.88. The topological polar surface area (TPSA) is 21.1 Å². The average molecular weight is 333 g/mol. The van der Waals surface area contributed by atoms with E-state index in [9.17, 15) is 4.39 Å². The van der Waals surface area contributed by atoms with E-state index in [4.69, 9.17) is 0 Å². The zero-order chi connectivity index (χ0) is 17.4. The van der Waals surface area contributed by atoms with E-state index >= 15 is 0 Å². The number of halogens is 1. The molecule has 0 radical (unpaired) electrons. The summed E-state index contributed by atoms with van der Waals surface area (Å²) in [6, 6.07) is 13.2. The van der Waals surface area contributed by atoms with Crippen LogP contribution in [-0.4, -0.2) is 9.78 Å². The van der Waals surface area contributed by atoms with E-state index in [0.29, 0.717) is 0 Å². The number of fused-ring (bicyclic) bond motifs is 1. The number of aromatic nitrogens is 2. The first kappa shape index (κ1) is 15.6. The molecule has 0 saturated heterocycles. The number of hydrogen-bond acceptors (Lipinski definition) is 2. The van der Waals surface area contributed by atoms with E-state index in [0.717, 1.165) is 24.2 Å². The van der Waals surface area contributed by atoms with Gasteiger partial charge in [0.1, 0.15) is 5.82 Å². The van der Waals surface area contributed by atoms with E-state index in [1.165, 1.54) is 28.5 Å². The molecule has 0 amide bonds. The van der Waals surface area contributed by atoms with Gasteiger partial charge in [0.05, 0.1) is 6.20 Å². The number of nitrogens with zero attached hydrogens (tertiary/aromatic N) is 3. The SMILES string of the molecule is CCC1=Cc2cccc(-c3cnn(C)c3)c2CN1c1cccc(F)c1. The van der Waals surface area contributed by atoms with Crippen LogP contribution in [0.1, 0.15) is 24.5 Å². The summed E-state index contributed by atoms with van der Waals surface area (Å²) >= 11 is 0. The molecule has 0 atom stereocenters. The number of aryl methyl sites for hydroxylation is 1. The molecule has 1 aliphatic heterocycles. The molecule has 4 rings (SSSR count). The minimum Gasteiger partial charge on any atom is -0.341 e. The summed E-state index contributed by atoms with van der Waals surface area (Å²) in [4.78, 5) is 2.20. The molecule has 25 heavy (non-hydrogen) atoms. The Morgan fingerprint density at radius 2 is 2.00 bits per heavy atom. The molecular formula is C21H20FN3. The fraction of sp³-hybridized carbons (Fsp3) is 0.190. The van der Waals surface area contributed by atoms with Crippen LogP contribution in [0.15, 0.2) is 60.6 Å². The lowest BCUT2D eigenvalue weighted by atomic mass is 9.92. The number of anilines is 1. The second kappa shape index (κ2) is 6.20. The normalized spacial score (nSPS) is 13.6. The predicted octanol–water partition coefficient (Wildman–Crippen LogP) is 5.00. The highest BCUT2D eigenvalue weighted by Crippen LogP contribution is 2.36. The smallest absolute Gasteiger partial charge is 0.125 e. The molecule has 2 aromatic carbocycles. The lowest BCUT2D eigenvalue weighted by Gasteiger charge is -2.32. The van der Waals surface area contributed by atoms with E-state index in [1.807, 2.05) is 30.2 Å². The second-order valence-corrected chi connectivity index (χ2v) is 6.33. The molecule has 0 N–H and O–H groups in total. The lowest BCUT2D eigenvalue weighted by molar-refractivity contribution is 0.627. The van der Waals surface area contributed by atoms with E-state index < -0.39 is 0 Å². The molecule has 4 heteroatoms. The summed E-state index contributed by atoms with van der Waals surface area (Å²) in [6.07, 6.45) is 7.03. The van der Waals surface area contributed by atoms with Gasteiger partial charge in [-0.25, -0.2) is 4.39 Å². The number of allylic oxidation sites excluding steroid dienone is 1. The largest absolute Gasteiger partial charge is 0.341 e. The maximum Gasteiger partial charge on any atom is 0.125 e. The predicted molar refractivity (Wildman–Crippen MR) is 99.5 cm³/mol. The van der Waals surface area contributed by atoms with Gasteiger partial charge in [-0.05, 0) is 47.4 Å². The molecule has 0 fully saturated rings. The summed E-state index contributed by atoms with van der Waals surface area (Å²) in [6.45, 7) is 2.86. The zero-order valence-corrected chi connectivity index (χ0v) is 14.4. The number of hydrogen-bond donors (Lipinski definition) is 0. The summed E-state index contributed by atoms with van der Waals surface area (Å²) < 4.78 is 15.6. The first-order valence-electron chi connectivity index (χ1n) is 8.50. The van der Waals surface area contributed by atoms with Crippen molar-refractivity contribution in [3.05, 3.63) is 77.5 Å². The third-order valence-corrected chi connectivity index (χ3v) is 4.70. The van der Waals surface area contributed by atoms with Crippen LogP contribution in [0.3, 0.4) is 0 Å². The first-order chi connectivity index (χ1) is 12.2. The van der Waals surface area contributed by atoms with Gasteiger partial charge in [0.15, 0.2) is 0 Å². The van der Waals surface area contributed by atoms with Gasteiger partial charge >= 0.3 is 0 Å². The van der Waals surface area contributed by atoms with Gasteiger partial charge in [-0.1, -0.05) is 31.2 Å². The molecule has 3 nitrogen and oxygen atoms in total. The molecule has 0 aliphatic carbocycles. The standard InChI is InChI=1S/C21H20FN3/c1-3-18-10-15-6-4-9-20(16-12-23-24(2)13-16)21(15)14-25(18)19-8-5-7-17(22)11-19/h4-13H,3,14H2,1-2H3. The van der Waals surface area contributed by atoms with Crippen molar-refractivity contribution in [2.24, 2.45) is 7.05 Å². The minimum atomic E-state index is -0.209. The maximum absolute atomic E-state index is 13.7. The molecule has 0 saturated carbocycles. The molecule has 0 unspecified atom stereocenters. The Kier molecular flexibility index (Phi) is 3.88. The van der Waals surface area contributed by atoms with Crippen molar-refractivity contribution in [3.8, 4) is 11.1 Å². The van der Waals surface area contributed by atoms with E-state index in [1.54, 1.807) is 12.1 Å². The monoisotopic (exact) mass is 333 g/mol. The first-order valence-corrected chi connectivity index (χ1v) is 8.50. The number of rotatable bonds is 3. The Morgan fingerprint density at radius 3 is 2.72 bits per heavy atom. The van der Waals surface area contributed by atoms with Crippen LogP contribution in [-0.2, 0) is 13.6 Å². The van der Waals surface area contributed by atoms with Crippen LogP contribution in [0.25, 0.3) is 17.2 Å². The quantitative estimate of drug-likeness (QED) is 0.673.